The quantitative estimate of drug-likeness (QED) is 0.528. The molecule has 4 N–H and O–H groups in total. The lowest BCUT2D eigenvalue weighted by Crippen LogP contribution is -2.16. The van der Waals surface area contributed by atoms with Crippen molar-refractivity contribution < 1.29 is 10.2 Å². The van der Waals surface area contributed by atoms with Gasteiger partial charge in [-0.2, -0.15) is 4.98 Å². The van der Waals surface area contributed by atoms with Crippen LogP contribution < -0.4 is 10.6 Å². The van der Waals surface area contributed by atoms with E-state index in [1.807, 2.05) is 6.92 Å². The molecule has 0 aliphatic heterocycles. The highest BCUT2D eigenvalue weighted by Crippen LogP contribution is 2.20. The van der Waals surface area contributed by atoms with Gasteiger partial charge in [0, 0.05) is 26.3 Å². The van der Waals surface area contributed by atoms with Crippen LogP contribution in [0.2, 0.25) is 5.02 Å². The molecule has 120 valence electrons. The third-order valence-electron chi connectivity index (χ3n) is 3.21. The van der Waals surface area contributed by atoms with Crippen molar-refractivity contribution in [1.82, 2.24) is 9.97 Å². The van der Waals surface area contributed by atoms with Crippen LogP contribution in [0.25, 0.3) is 0 Å². The summed E-state index contributed by atoms with van der Waals surface area (Å²) in [5, 5.41) is 24.6. The highest BCUT2D eigenvalue weighted by molar-refractivity contribution is 6.32. The van der Waals surface area contributed by atoms with E-state index < -0.39 is 0 Å². The number of hydrogen-bond donors (Lipinski definition) is 4. The number of anilines is 2. The van der Waals surface area contributed by atoms with Crippen molar-refractivity contribution in [3.63, 3.8) is 0 Å². The van der Waals surface area contributed by atoms with E-state index in [0.29, 0.717) is 41.7 Å². The second-order valence-electron chi connectivity index (χ2n) is 5.39. The Morgan fingerprint density at radius 3 is 2.24 bits per heavy atom. The van der Waals surface area contributed by atoms with Gasteiger partial charge in [-0.1, -0.05) is 25.4 Å². The van der Waals surface area contributed by atoms with Crippen molar-refractivity contribution in [2.75, 3.05) is 36.9 Å². The maximum Gasteiger partial charge on any atom is 0.224 e. The van der Waals surface area contributed by atoms with Gasteiger partial charge in [-0.25, -0.2) is 4.98 Å². The van der Waals surface area contributed by atoms with E-state index >= 15 is 0 Å². The van der Waals surface area contributed by atoms with Crippen LogP contribution in [0.4, 0.5) is 11.8 Å². The molecule has 0 fully saturated rings. The summed E-state index contributed by atoms with van der Waals surface area (Å²) in [4.78, 5) is 8.48. The number of aliphatic hydroxyl groups excluding tert-OH is 2. The zero-order valence-corrected chi connectivity index (χ0v) is 13.4. The predicted octanol–water partition coefficient (Wildman–Crippen LogP) is 1.99. The fraction of sp³-hybridized carbons (Fsp3) is 0.714. The Kier molecular flexibility index (Phi) is 8.34. The van der Waals surface area contributed by atoms with E-state index in [1.54, 1.807) is 6.20 Å². The molecule has 0 bridgehead atoms. The summed E-state index contributed by atoms with van der Waals surface area (Å²) < 4.78 is 0. The van der Waals surface area contributed by atoms with Gasteiger partial charge in [0.1, 0.15) is 10.8 Å². The summed E-state index contributed by atoms with van der Waals surface area (Å²) in [6.45, 7) is 5.85. The lowest BCUT2D eigenvalue weighted by Gasteiger charge is -2.14. The zero-order chi connectivity index (χ0) is 15.7. The van der Waals surface area contributed by atoms with Gasteiger partial charge in [0.15, 0.2) is 0 Å². The molecule has 0 aliphatic carbocycles. The Labute approximate surface area is 131 Å². The van der Waals surface area contributed by atoms with Crippen LogP contribution in [0.3, 0.4) is 0 Å². The number of nitrogens with one attached hydrogen (secondary N) is 2. The minimum atomic E-state index is 0.176. The third-order valence-corrected chi connectivity index (χ3v) is 3.49. The first kappa shape index (κ1) is 17.9. The molecule has 0 spiro atoms. The van der Waals surface area contributed by atoms with Crippen molar-refractivity contribution in [2.24, 2.45) is 11.8 Å². The van der Waals surface area contributed by atoms with Crippen LogP contribution in [0.15, 0.2) is 6.20 Å². The molecule has 0 saturated heterocycles. The molecule has 0 aliphatic rings. The molecule has 1 heterocycles. The van der Waals surface area contributed by atoms with Crippen LogP contribution in [0.5, 0.6) is 0 Å². The lowest BCUT2D eigenvalue weighted by molar-refractivity contribution is 0.265. The van der Waals surface area contributed by atoms with Gasteiger partial charge in [0.25, 0.3) is 0 Å². The Hall–Kier alpha value is -1.11. The Morgan fingerprint density at radius 1 is 1.10 bits per heavy atom. The van der Waals surface area contributed by atoms with Gasteiger partial charge in [0.05, 0.1) is 6.20 Å². The third kappa shape index (κ3) is 6.93. The molecule has 2 atom stereocenters. The predicted molar refractivity (Wildman–Crippen MR) is 85.8 cm³/mol. The van der Waals surface area contributed by atoms with E-state index in [2.05, 4.69) is 27.5 Å². The Balaban J connectivity index is 2.54. The summed E-state index contributed by atoms with van der Waals surface area (Å²) in [7, 11) is 0. The number of aromatic nitrogens is 2. The van der Waals surface area contributed by atoms with Crippen LogP contribution in [-0.4, -0.2) is 46.5 Å². The van der Waals surface area contributed by atoms with Crippen molar-refractivity contribution in [3.8, 4) is 0 Å². The smallest absolute Gasteiger partial charge is 0.224 e. The SMILES string of the molecule is CC(CCO)CNc1ncc(Cl)c(NCC(C)CCO)n1. The van der Waals surface area contributed by atoms with E-state index in [1.165, 1.54) is 0 Å². The summed E-state index contributed by atoms with van der Waals surface area (Å²) >= 11 is 6.07. The Bertz CT molecular complexity index is 420. The fourth-order valence-electron chi connectivity index (χ4n) is 1.76. The number of hydrogen-bond acceptors (Lipinski definition) is 6. The van der Waals surface area contributed by atoms with Crippen LogP contribution in [-0.2, 0) is 0 Å². The molecular formula is C14H25ClN4O2. The van der Waals surface area contributed by atoms with Gasteiger partial charge in [-0.05, 0) is 24.7 Å². The maximum absolute atomic E-state index is 8.89. The van der Waals surface area contributed by atoms with Crippen molar-refractivity contribution in [1.29, 1.82) is 0 Å². The van der Waals surface area contributed by atoms with Gasteiger partial charge in [0.2, 0.25) is 5.95 Å². The molecule has 0 saturated carbocycles. The standard InChI is InChI=1S/C14H25ClN4O2/c1-10(3-5-20)7-16-13-12(15)9-18-14(19-13)17-8-11(2)4-6-21/h9-11,20-21H,3-8H2,1-2H3,(H2,16,17,18,19). The Morgan fingerprint density at radius 2 is 1.67 bits per heavy atom. The number of halogens is 1. The van der Waals surface area contributed by atoms with Crippen LogP contribution >= 0.6 is 11.6 Å². The first-order valence-electron chi connectivity index (χ1n) is 7.28. The first-order chi connectivity index (χ1) is 10.1. The monoisotopic (exact) mass is 316 g/mol. The number of aliphatic hydroxyl groups is 2. The van der Waals surface area contributed by atoms with E-state index in [4.69, 9.17) is 21.8 Å². The highest BCUT2D eigenvalue weighted by Gasteiger charge is 2.08. The average Bonchev–Trinajstić information content (AvgIpc) is 2.45. The second-order valence-corrected chi connectivity index (χ2v) is 5.79. The highest BCUT2D eigenvalue weighted by atomic mass is 35.5. The molecule has 1 aromatic rings. The maximum atomic E-state index is 8.89. The molecule has 7 heteroatoms. The topological polar surface area (TPSA) is 90.3 Å². The fourth-order valence-corrected chi connectivity index (χ4v) is 1.92. The number of rotatable bonds is 10. The van der Waals surface area contributed by atoms with Gasteiger partial charge in [-0.3, -0.25) is 0 Å². The van der Waals surface area contributed by atoms with E-state index in [9.17, 15) is 0 Å². The minimum absolute atomic E-state index is 0.176. The van der Waals surface area contributed by atoms with Crippen molar-refractivity contribution in [3.05, 3.63) is 11.2 Å². The first-order valence-corrected chi connectivity index (χ1v) is 7.66. The second kappa shape index (κ2) is 9.76. The molecule has 1 rings (SSSR count). The summed E-state index contributed by atoms with van der Waals surface area (Å²) in [6, 6.07) is 0. The average molecular weight is 317 g/mol. The van der Waals surface area contributed by atoms with Gasteiger partial charge >= 0.3 is 0 Å². The summed E-state index contributed by atoms with van der Waals surface area (Å²) in [6.07, 6.45) is 3.04. The lowest BCUT2D eigenvalue weighted by atomic mass is 10.1. The normalized spacial score (nSPS) is 13.8. The van der Waals surface area contributed by atoms with E-state index in [-0.39, 0.29) is 13.2 Å². The van der Waals surface area contributed by atoms with Gasteiger partial charge in [-0.15, -0.1) is 0 Å². The largest absolute Gasteiger partial charge is 0.396 e. The van der Waals surface area contributed by atoms with Crippen molar-refractivity contribution >= 4 is 23.4 Å². The van der Waals surface area contributed by atoms with Crippen LogP contribution in [0.1, 0.15) is 26.7 Å². The number of nitrogens with zero attached hydrogens (tertiary/aromatic N) is 2. The molecular weight excluding hydrogens is 292 g/mol. The van der Waals surface area contributed by atoms with Crippen molar-refractivity contribution in [2.45, 2.75) is 26.7 Å². The minimum Gasteiger partial charge on any atom is -0.396 e. The molecule has 0 amide bonds. The van der Waals surface area contributed by atoms with Crippen LogP contribution in [0, 0.1) is 11.8 Å². The molecule has 0 aromatic carbocycles. The zero-order valence-electron chi connectivity index (χ0n) is 12.6. The molecule has 2 unspecified atom stereocenters. The summed E-state index contributed by atoms with van der Waals surface area (Å²) in [5.41, 5.74) is 0. The molecule has 0 radical (unpaired) electrons. The molecule has 6 nitrogen and oxygen atoms in total. The molecule has 21 heavy (non-hydrogen) atoms. The molecule has 1 aromatic heterocycles. The van der Waals surface area contributed by atoms with E-state index in [0.717, 1.165) is 12.8 Å². The van der Waals surface area contributed by atoms with Gasteiger partial charge < -0.3 is 20.8 Å². The summed E-state index contributed by atoms with van der Waals surface area (Å²) in [5.74, 6) is 1.78.